The van der Waals surface area contributed by atoms with Crippen molar-refractivity contribution in [2.45, 2.75) is 12.8 Å². The number of nitrogens with zero attached hydrogens (tertiary/aromatic N) is 3. The second kappa shape index (κ2) is 6.46. The predicted octanol–water partition coefficient (Wildman–Crippen LogP) is 1.30. The minimum absolute atomic E-state index is 0.173. The molecule has 116 valence electrons. The van der Waals surface area contributed by atoms with Gasteiger partial charge in [-0.3, -0.25) is 4.79 Å². The molecule has 0 spiro atoms. The molecule has 0 aliphatic carbocycles. The second-order valence-corrected chi connectivity index (χ2v) is 5.41. The number of anilines is 2. The van der Waals surface area contributed by atoms with Gasteiger partial charge in [0.05, 0.1) is 6.26 Å². The summed E-state index contributed by atoms with van der Waals surface area (Å²) in [6, 6.07) is 5.23. The average molecular weight is 301 g/mol. The van der Waals surface area contributed by atoms with Crippen LogP contribution in [0.1, 0.15) is 23.4 Å². The molecule has 1 fully saturated rings. The van der Waals surface area contributed by atoms with Crippen molar-refractivity contribution in [2.75, 3.05) is 30.3 Å². The third-order valence-electron chi connectivity index (χ3n) is 3.80. The Hall–Kier alpha value is -2.57. The molecule has 1 saturated heterocycles. The number of rotatable bonds is 4. The molecule has 3 N–H and O–H groups in total. The van der Waals surface area contributed by atoms with Crippen LogP contribution in [0.3, 0.4) is 0 Å². The average Bonchev–Trinajstić information content (AvgIpc) is 3.07. The van der Waals surface area contributed by atoms with E-state index in [2.05, 4.69) is 20.2 Å². The third kappa shape index (κ3) is 3.36. The molecule has 0 bridgehead atoms. The number of hydrogen-bond donors (Lipinski definition) is 2. The van der Waals surface area contributed by atoms with Crippen molar-refractivity contribution >= 4 is 17.7 Å². The van der Waals surface area contributed by atoms with Crippen LogP contribution in [-0.2, 0) is 0 Å². The molecule has 1 unspecified atom stereocenters. The normalized spacial score (nSPS) is 18.2. The fourth-order valence-corrected chi connectivity index (χ4v) is 2.71. The van der Waals surface area contributed by atoms with Gasteiger partial charge >= 0.3 is 0 Å². The van der Waals surface area contributed by atoms with Crippen molar-refractivity contribution in [3.63, 3.8) is 0 Å². The van der Waals surface area contributed by atoms with E-state index < -0.39 is 0 Å². The first kappa shape index (κ1) is 14.4. The molecule has 1 aliphatic rings. The highest BCUT2D eigenvalue weighted by Gasteiger charge is 2.22. The smallest absolute Gasteiger partial charge is 0.286 e. The van der Waals surface area contributed by atoms with E-state index in [-0.39, 0.29) is 11.9 Å². The maximum absolute atomic E-state index is 11.9. The molecule has 2 aromatic rings. The maximum Gasteiger partial charge on any atom is 0.286 e. The van der Waals surface area contributed by atoms with Gasteiger partial charge in [-0.05, 0) is 37.0 Å². The fraction of sp³-hybridized carbons (Fsp3) is 0.400. The lowest BCUT2D eigenvalue weighted by Gasteiger charge is -2.33. The molecule has 2 aromatic heterocycles. The number of nitrogens with one attached hydrogen (secondary N) is 1. The molecule has 0 radical (unpaired) electrons. The Morgan fingerprint density at radius 2 is 2.41 bits per heavy atom. The number of nitrogen functional groups attached to an aromatic ring is 1. The summed E-state index contributed by atoms with van der Waals surface area (Å²) in [4.78, 5) is 22.2. The van der Waals surface area contributed by atoms with E-state index in [0.29, 0.717) is 18.2 Å². The standard InChI is InChI=1S/C15H19N5O2/c16-15-17-6-5-13(19-15)20-7-1-3-11(10-20)9-18-14(21)12-4-2-8-22-12/h2,4-6,8,11H,1,3,7,9-10H2,(H,18,21)(H2,16,17,19). The van der Waals surface area contributed by atoms with Gasteiger partial charge in [0.2, 0.25) is 5.95 Å². The van der Waals surface area contributed by atoms with Gasteiger partial charge in [0, 0.05) is 25.8 Å². The first-order chi connectivity index (χ1) is 10.7. The number of piperidine rings is 1. The summed E-state index contributed by atoms with van der Waals surface area (Å²) in [5.74, 6) is 1.67. The highest BCUT2D eigenvalue weighted by Crippen LogP contribution is 2.21. The van der Waals surface area contributed by atoms with Gasteiger partial charge < -0.3 is 20.4 Å². The molecule has 3 heterocycles. The van der Waals surface area contributed by atoms with Crippen molar-refractivity contribution < 1.29 is 9.21 Å². The summed E-state index contributed by atoms with van der Waals surface area (Å²) >= 11 is 0. The predicted molar refractivity (Wildman–Crippen MR) is 82.4 cm³/mol. The van der Waals surface area contributed by atoms with E-state index in [4.69, 9.17) is 10.2 Å². The van der Waals surface area contributed by atoms with Crippen molar-refractivity contribution in [2.24, 2.45) is 5.92 Å². The fourth-order valence-electron chi connectivity index (χ4n) is 2.71. The number of hydrogen-bond acceptors (Lipinski definition) is 6. The Morgan fingerprint density at radius 1 is 1.50 bits per heavy atom. The quantitative estimate of drug-likeness (QED) is 0.883. The number of amides is 1. The Bertz CT molecular complexity index is 629. The van der Waals surface area contributed by atoms with Crippen molar-refractivity contribution in [1.29, 1.82) is 0 Å². The summed E-state index contributed by atoms with van der Waals surface area (Å²) in [5.41, 5.74) is 5.64. The highest BCUT2D eigenvalue weighted by atomic mass is 16.3. The van der Waals surface area contributed by atoms with Crippen LogP contribution in [0.2, 0.25) is 0 Å². The Kier molecular flexibility index (Phi) is 4.22. The largest absolute Gasteiger partial charge is 0.459 e. The summed E-state index contributed by atoms with van der Waals surface area (Å²) < 4.78 is 5.09. The minimum atomic E-state index is -0.173. The first-order valence-corrected chi connectivity index (χ1v) is 7.37. The second-order valence-electron chi connectivity index (χ2n) is 5.41. The molecule has 7 nitrogen and oxygen atoms in total. The Labute approximate surface area is 128 Å². The molecule has 1 atom stereocenters. The van der Waals surface area contributed by atoms with Gasteiger partial charge in [0.15, 0.2) is 5.76 Å². The Morgan fingerprint density at radius 3 is 3.18 bits per heavy atom. The van der Waals surface area contributed by atoms with Crippen LogP contribution in [-0.4, -0.2) is 35.5 Å². The number of furan rings is 1. The molecular formula is C15H19N5O2. The van der Waals surface area contributed by atoms with Gasteiger partial charge in [-0.1, -0.05) is 0 Å². The van der Waals surface area contributed by atoms with Crippen molar-refractivity contribution in [3.8, 4) is 0 Å². The lowest BCUT2D eigenvalue weighted by atomic mass is 9.98. The molecule has 0 aromatic carbocycles. The number of carbonyl (C=O) groups excluding carboxylic acids is 1. The molecule has 22 heavy (non-hydrogen) atoms. The van der Waals surface area contributed by atoms with Gasteiger partial charge in [-0.2, -0.15) is 4.98 Å². The monoisotopic (exact) mass is 301 g/mol. The van der Waals surface area contributed by atoms with Crippen LogP contribution in [0.25, 0.3) is 0 Å². The molecule has 7 heteroatoms. The van der Waals surface area contributed by atoms with E-state index in [1.54, 1.807) is 18.3 Å². The summed E-state index contributed by atoms with van der Waals surface area (Å²) in [5, 5.41) is 2.92. The summed E-state index contributed by atoms with van der Waals surface area (Å²) in [7, 11) is 0. The maximum atomic E-state index is 11.9. The molecular weight excluding hydrogens is 282 g/mol. The summed E-state index contributed by atoms with van der Waals surface area (Å²) in [6.45, 7) is 2.41. The van der Waals surface area contributed by atoms with Crippen LogP contribution in [0.4, 0.5) is 11.8 Å². The zero-order chi connectivity index (χ0) is 15.4. The number of carbonyl (C=O) groups is 1. The van der Waals surface area contributed by atoms with Gasteiger partial charge in [-0.25, -0.2) is 4.98 Å². The SMILES string of the molecule is Nc1nccc(N2CCCC(CNC(=O)c3ccco3)C2)n1. The Balaban J connectivity index is 1.56. The number of nitrogens with two attached hydrogens (primary N) is 1. The summed E-state index contributed by atoms with van der Waals surface area (Å²) in [6.07, 6.45) is 5.30. The zero-order valence-electron chi connectivity index (χ0n) is 12.2. The topological polar surface area (TPSA) is 97.3 Å². The van der Waals surface area contributed by atoms with Crippen LogP contribution in [0.15, 0.2) is 35.1 Å². The van der Waals surface area contributed by atoms with Crippen molar-refractivity contribution in [3.05, 3.63) is 36.4 Å². The molecule has 3 rings (SSSR count). The van der Waals surface area contributed by atoms with Gasteiger partial charge in [-0.15, -0.1) is 0 Å². The molecule has 1 aliphatic heterocycles. The minimum Gasteiger partial charge on any atom is -0.459 e. The van der Waals surface area contributed by atoms with Gasteiger partial charge in [0.25, 0.3) is 5.91 Å². The lowest BCUT2D eigenvalue weighted by Crippen LogP contribution is -2.41. The lowest BCUT2D eigenvalue weighted by molar-refractivity contribution is 0.0918. The third-order valence-corrected chi connectivity index (χ3v) is 3.80. The molecule has 0 saturated carbocycles. The highest BCUT2D eigenvalue weighted by molar-refractivity contribution is 5.91. The van der Waals surface area contributed by atoms with E-state index in [0.717, 1.165) is 31.7 Å². The van der Waals surface area contributed by atoms with Crippen LogP contribution < -0.4 is 16.0 Å². The van der Waals surface area contributed by atoms with E-state index in [9.17, 15) is 4.79 Å². The number of aromatic nitrogens is 2. The van der Waals surface area contributed by atoms with E-state index in [1.165, 1.54) is 6.26 Å². The van der Waals surface area contributed by atoms with Gasteiger partial charge in [0.1, 0.15) is 5.82 Å². The van der Waals surface area contributed by atoms with E-state index >= 15 is 0 Å². The molecule has 1 amide bonds. The van der Waals surface area contributed by atoms with Crippen LogP contribution in [0, 0.1) is 5.92 Å². The zero-order valence-corrected chi connectivity index (χ0v) is 12.2. The van der Waals surface area contributed by atoms with Crippen molar-refractivity contribution in [1.82, 2.24) is 15.3 Å². The van der Waals surface area contributed by atoms with Crippen LogP contribution >= 0.6 is 0 Å². The van der Waals surface area contributed by atoms with E-state index in [1.807, 2.05) is 6.07 Å². The van der Waals surface area contributed by atoms with Crippen LogP contribution in [0.5, 0.6) is 0 Å². The first-order valence-electron chi connectivity index (χ1n) is 7.37.